The van der Waals surface area contributed by atoms with Crippen LogP contribution in [0.5, 0.6) is 11.5 Å². The van der Waals surface area contributed by atoms with Gasteiger partial charge >= 0.3 is 0 Å². The molecule has 2 saturated heterocycles. The molecule has 1 atom stereocenters. The van der Waals surface area contributed by atoms with E-state index in [0.717, 1.165) is 80.0 Å². The second-order valence-corrected chi connectivity index (χ2v) is 8.09. The molecule has 2 fully saturated rings. The van der Waals surface area contributed by atoms with Gasteiger partial charge in [0.1, 0.15) is 11.5 Å². The van der Waals surface area contributed by atoms with Gasteiger partial charge in [-0.3, -0.25) is 4.79 Å². The summed E-state index contributed by atoms with van der Waals surface area (Å²) >= 11 is 0. The van der Waals surface area contributed by atoms with Crippen LogP contribution in [-0.4, -0.2) is 31.7 Å². The van der Waals surface area contributed by atoms with E-state index in [4.69, 9.17) is 15.2 Å². The number of primary amides is 1. The number of amides is 1. The quantitative estimate of drug-likeness (QED) is 0.774. The third-order valence-corrected chi connectivity index (χ3v) is 6.11. The first-order chi connectivity index (χ1) is 14.1. The van der Waals surface area contributed by atoms with Crippen molar-refractivity contribution in [3.63, 3.8) is 0 Å². The average molecular weight is 395 g/mol. The molecule has 2 heterocycles. The Morgan fingerprint density at radius 3 is 2.62 bits per heavy atom. The number of hydrogen-bond acceptors (Lipinski definition) is 4. The molecule has 1 amide bonds. The Balaban J connectivity index is 1.83. The lowest BCUT2D eigenvalue weighted by molar-refractivity contribution is 0.0997. The van der Waals surface area contributed by atoms with Gasteiger partial charge in [0.25, 0.3) is 0 Å². The molecule has 29 heavy (non-hydrogen) atoms. The topological polar surface area (TPSA) is 73.6 Å². The van der Waals surface area contributed by atoms with Crippen molar-refractivity contribution in [2.45, 2.75) is 51.0 Å². The molecule has 5 heteroatoms. The van der Waals surface area contributed by atoms with Gasteiger partial charge in [-0.1, -0.05) is 18.2 Å². The molecule has 1 unspecified atom stereocenters. The van der Waals surface area contributed by atoms with E-state index < -0.39 is 0 Å². The summed E-state index contributed by atoms with van der Waals surface area (Å²) < 4.78 is 12.4. The van der Waals surface area contributed by atoms with E-state index in [0.29, 0.717) is 11.5 Å². The van der Waals surface area contributed by atoms with Gasteiger partial charge in [0, 0.05) is 24.2 Å². The molecule has 0 aliphatic carbocycles. The van der Waals surface area contributed by atoms with E-state index in [1.165, 1.54) is 0 Å². The molecule has 5 nitrogen and oxygen atoms in total. The number of nitrogens with two attached hydrogens (primary N) is 1. The summed E-state index contributed by atoms with van der Waals surface area (Å²) in [5, 5.41) is 3.43. The van der Waals surface area contributed by atoms with Crippen molar-refractivity contribution in [2.75, 3.05) is 19.7 Å². The van der Waals surface area contributed by atoms with Crippen molar-refractivity contribution >= 4 is 5.91 Å². The van der Waals surface area contributed by atoms with Crippen molar-refractivity contribution in [3.8, 4) is 11.5 Å². The van der Waals surface area contributed by atoms with E-state index in [9.17, 15) is 4.79 Å². The highest BCUT2D eigenvalue weighted by Crippen LogP contribution is 2.42. The van der Waals surface area contributed by atoms with E-state index in [-0.39, 0.29) is 12.0 Å². The molecule has 0 saturated carbocycles. The zero-order valence-electron chi connectivity index (χ0n) is 17.1. The molecular weight excluding hydrogens is 364 g/mol. The van der Waals surface area contributed by atoms with Gasteiger partial charge in [0.15, 0.2) is 0 Å². The van der Waals surface area contributed by atoms with E-state index in [2.05, 4.69) is 5.32 Å². The van der Waals surface area contributed by atoms with Gasteiger partial charge in [-0.05, 0) is 80.9 Å². The molecule has 3 N–H and O–H groups in total. The monoisotopic (exact) mass is 394 g/mol. The summed E-state index contributed by atoms with van der Waals surface area (Å²) in [6.45, 7) is 4.74. The molecular formula is C24H30N2O3. The number of para-hydroxylation sites is 1. The Morgan fingerprint density at radius 1 is 1.21 bits per heavy atom. The van der Waals surface area contributed by atoms with Gasteiger partial charge in [-0.15, -0.1) is 0 Å². The van der Waals surface area contributed by atoms with Gasteiger partial charge < -0.3 is 20.5 Å². The SMILES string of the molecule is Cc1c(C(N)=O)cc(CC2CCCO2)c(Oc2ccccc2)c1C1CCNCC1. The largest absolute Gasteiger partial charge is 0.457 e. The van der Waals surface area contributed by atoms with Gasteiger partial charge in [0.2, 0.25) is 5.91 Å². The highest BCUT2D eigenvalue weighted by molar-refractivity contribution is 5.95. The minimum Gasteiger partial charge on any atom is -0.457 e. The molecule has 0 radical (unpaired) electrons. The maximum absolute atomic E-state index is 12.3. The minimum atomic E-state index is -0.377. The van der Waals surface area contributed by atoms with Crippen LogP contribution >= 0.6 is 0 Å². The Bertz CT molecular complexity index is 854. The predicted molar refractivity (Wildman–Crippen MR) is 114 cm³/mol. The van der Waals surface area contributed by atoms with Crippen LogP contribution in [0.4, 0.5) is 0 Å². The summed E-state index contributed by atoms with van der Waals surface area (Å²) in [6.07, 6.45) is 5.06. The van der Waals surface area contributed by atoms with Crippen molar-refractivity contribution in [1.82, 2.24) is 5.32 Å². The van der Waals surface area contributed by atoms with Crippen LogP contribution in [0.25, 0.3) is 0 Å². The summed E-state index contributed by atoms with van der Waals surface area (Å²) in [4.78, 5) is 12.3. The summed E-state index contributed by atoms with van der Waals surface area (Å²) in [5.74, 6) is 1.67. The highest BCUT2D eigenvalue weighted by Gasteiger charge is 2.28. The normalized spacial score (nSPS) is 20.0. The second kappa shape index (κ2) is 8.97. The summed E-state index contributed by atoms with van der Waals surface area (Å²) in [7, 11) is 0. The fourth-order valence-electron chi connectivity index (χ4n) is 4.62. The van der Waals surface area contributed by atoms with Crippen molar-refractivity contribution < 1.29 is 14.3 Å². The van der Waals surface area contributed by atoms with Crippen molar-refractivity contribution in [1.29, 1.82) is 0 Å². The van der Waals surface area contributed by atoms with E-state index in [1.807, 2.05) is 43.3 Å². The molecule has 2 aromatic carbocycles. The van der Waals surface area contributed by atoms with Crippen molar-refractivity contribution in [3.05, 3.63) is 58.7 Å². The lowest BCUT2D eigenvalue weighted by atomic mass is 9.82. The number of hydrogen-bond donors (Lipinski definition) is 2. The number of rotatable bonds is 6. The molecule has 2 aromatic rings. The minimum absolute atomic E-state index is 0.164. The number of benzene rings is 2. The van der Waals surface area contributed by atoms with Crippen LogP contribution in [0.2, 0.25) is 0 Å². The van der Waals surface area contributed by atoms with E-state index >= 15 is 0 Å². The average Bonchev–Trinajstić information content (AvgIpc) is 3.24. The lowest BCUT2D eigenvalue weighted by Crippen LogP contribution is -2.28. The third kappa shape index (κ3) is 4.46. The maximum Gasteiger partial charge on any atom is 0.248 e. The Labute approximate surface area is 172 Å². The first kappa shape index (κ1) is 19.9. The number of ether oxygens (including phenoxy) is 2. The molecule has 4 rings (SSSR count). The molecule has 2 aliphatic rings. The number of carbonyl (C=O) groups excluding carboxylic acids is 1. The van der Waals surface area contributed by atoms with Crippen LogP contribution in [0.3, 0.4) is 0 Å². The second-order valence-electron chi connectivity index (χ2n) is 8.09. The van der Waals surface area contributed by atoms with Crippen LogP contribution < -0.4 is 15.8 Å². The van der Waals surface area contributed by atoms with Crippen LogP contribution in [0.15, 0.2) is 36.4 Å². The molecule has 2 aliphatic heterocycles. The number of nitrogens with one attached hydrogen (secondary N) is 1. The lowest BCUT2D eigenvalue weighted by Gasteiger charge is -2.29. The number of carbonyl (C=O) groups is 1. The molecule has 0 aromatic heterocycles. The fourth-order valence-corrected chi connectivity index (χ4v) is 4.62. The first-order valence-corrected chi connectivity index (χ1v) is 10.6. The standard InChI is InChI=1S/C24H30N2O3/c1-16-21(24(25)27)15-18(14-20-8-5-13-28-20)23(29-19-6-3-2-4-7-19)22(16)17-9-11-26-12-10-17/h2-4,6-7,15,17,20,26H,5,8-14H2,1H3,(H2,25,27). The smallest absolute Gasteiger partial charge is 0.248 e. The first-order valence-electron chi connectivity index (χ1n) is 10.6. The van der Waals surface area contributed by atoms with Gasteiger partial charge in [-0.2, -0.15) is 0 Å². The molecule has 0 bridgehead atoms. The van der Waals surface area contributed by atoms with Crippen LogP contribution in [0.1, 0.15) is 58.6 Å². The zero-order valence-corrected chi connectivity index (χ0v) is 17.1. The summed E-state index contributed by atoms with van der Waals surface area (Å²) in [6, 6.07) is 11.8. The van der Waals surface area contributed by atoms with Crippen LogP contribution in [-0.2, 0) is 11.2 Å². The van der Waals surface area contributed by atoms with Crippen molar-refractivity contribution in [2.24, 2.45) is 5.73 Å². The molecule has 154 valence electrons. The fraction of sp³-hybridized carbons (Fsp3) is 0.458. The Morgan fingerprint density at radius 2 is 1.97 bits per heavy atom. The van der Waals surface area contributed by atoms with Crippen LogP contribution in [0, 0.1) is 6.92 Å². The maximum atomic E-state index is 12.3. The predicted octanol–water partition coefficient (Wildman–Crippen LogP) is 4.07. The third-order valence-electron chi connectivity index (χ3n) is 6.11. The Kier molecular flexibility index (Phi) is 6.16. The highest BCUT2D eigenvalue weighted by atomic mass is 16.5. The Hall–Kier alpha value is -2.37. The zero-order chi connectivity index (χ0) is 20.2. The van der Waals surface area contributed by atoms with E-state index in [1.54, 1.807) is 0 Å². The molecule has 0 spiro atoms. The number of piperidine rings is 1. The van der Waals surface area contributed by atoms with Gasteiger partial charge in [0.05, 0.1) is 6.10 Å². The summed E-state index contributed by atoms with van der Waals surface area (Å²) in [5.41, 5.74) is 9.48. The van der Waals surface area contributed by atoms with Gasteiger partial charge in [-0.25, -0.2) is 0 Å².